The zero-order valence-electron chi connectivity index (χ0n) is 16.2. The van der Waals surface area contributed by atoms with Crippen molar-refractivity contribution in [1.82, 2.24) is 10.6 Å². The first-order valence-electron chi connectivity index (χ1n) is 9.14. The number of benzene rings is 2. The third-order valence-corrected chi connectivity index (χ3v) is 4.92. The van der Waals surface area contributed by atoms with Crippen LogP contribution in [0.25, 0.3) is 0 Å². The maximum atomic E-state index is 9.48. The van der Waals surface area contributed by atoms with Crippen LogP contribution in [0.15, 0.2) is 54.6 Å². The lowest BCUT2D eigenvalue weighted by Crippen LogP contribution is -2.55. The minimum absolute atomic E-state index is 0.102. The summed E-state index contributed by atoms with van der Waals surface area (Å²) < 4.78 is 0. The minimum atomic E-state index is -0.302. The number of nitrogens with one attached hydrogen (secondary N) is 2. The molecular formula is C22H31ClN2O. The molecule has 0 heterocycles. The summed E-state index contributed by atoms with van der Waals surface area (Å²) in [5, 5.41) is 17.5. The van der Waals surface area contributed by atoms with Gasteiger partial charge < -0.3 is 15.7 Å². The van der Waals surface area contributed by atoms with Gasteiger partial charge in [0.1, 0.15) is 0 Å². The van der Waals surface area contributed by atoms with Gasteiger partial charge in [-0.3, -0.25) is 0 Å². The molecule has 2 aromatic rings. The van der Waals surface area contributed by atoms with Crippen molar-refractivity contribution in [2.75, 3.05) is 13.2 Å². The molecule has 0 saturated heterocycles. The Kier molecular flexibility index (Phi) is 7.24. The van der Waals surface area contributed by atoms with E-state index in [1.807, 2.05) is 38.1 Å². The first kappa shape index (κ1) is 20.9. The smallest absolute Gasteiger partial charge is 0.0607 e. The summed E-state index contributed by atoms with van der Waals surface area (Å²) in [4.78, 5) is 0. The van der Waals surface area contributed by atoms with E-state index in [1.165, 1.54) is 5.56 Å². The van der Waals surface area contributed by atoms with Crippen LogP contribution in [-0.4, -0.2) is 29.3 Å². The van der Waals surface area contributed by atoms with Gasteiger partial charge in [-0.25, -0.2) is 0 Å². The van der Waals surface area contributed by atoms with Gasteiger partial charge in [-0.2, -0.15) is 0 Å². The van der Waals surface area contributed by atoms with Crippen LogP contribution in [0.2, 0.25) is 5.02 Å². The number of hydrogen-bond donors (Lipinski definition) is 3. The van der Waals surface area contributed by atoms with E-state index >= 15 is 0 Å². The van der Waals surface area contributed by atoms with Crippen molar-refractivity contribution in [3.8, 4) is 0 Å². The highest BCUT2D eigenvalue weighted by molar-refractivity contribution is 6.31. The predicted octanol–water partition coefficient (Wildman–Crippen LogP) is 4.35. The number of aliphatic hydroxyl groups excluding tert-OH is 1. The molecule has 0 unspecified atom stereocenters. The molecule has 0 aliphatic carbocycles. The molecule has 1 atom stereocenters. The molecule has 2 rings (SSSR count). The quantitative estimate of drug-likeness (QED) is 0.611. The van der Waals surface area contributed by atoms with Gasteiger partial charge in [0.05, 0.1) is 6.61 Å². The van der Waals surface area contributed by atoms with Gasteiger partial charge in [0, 0.05) is 28.7 Å². The standard InChI is InChI=1S/C22H31ClN2O/c1-21(2,15-24-22(3,4)16-26)25-20(17-10-6-5-7-11-17)14-18-12-8-9-13-19(18)23/h5-13,20,24-26H,14-16H2,1-4H3/t20-/m1/s1. The Bertz CT molecular complexity index is 686. The molecule has 0 radical (unpaired) electrons. The van der Waals surface area contributed by atoms with Gasteiger partial charge >= 0.3 is 0 Å². The van der Waals surface area contributed by atoms with Gasteiger partial charge in [-0.05, 0) is 51.3 Å². The van der Waals surface area contributed by atoms with E-state index in [1.54, 1.807) is 0 Å². The number of hydrogen-bond acceptors (Lipinski definition) is 3. The first-order valence-corrected chi connectivity index (χ1v) is 9.52. The van der Waals surface area contributed by atoms with Gasteiger partial charge in [-0.1, -0.05) is 60.1 Å². The molecule has 3 nitrogen and oxygen atoms in total. The van der Waals surface area contributed by atoms with Crippen LogP contribution in [-0.2, 0) is 6.42 Å². The van der Waals surface area contributed by atoms with Crippen molar-refractivity contribution in [2.24, 2.45) is 0 Å². The lowest BCUT2D eigenvalue weighted by Gasteiger charge is -2.36. The Morgan fingerprint density at radius 1 is 0.923 bits per heavy atom. The van der Waals surface area contributed by atoms with Crippen molar-refractivity contribution in [1.29, 1.82) is 0 Å². The van der Waals surface area contributed by atoms with Gasteiger partial charge in [0.25, 0.3) is 0 Å². The largest absolute Gasteiger partial charge is 0.394 e. The maximum Gasteiger partial charge on any atom is 0.0607 e. The molecule has 0 aliphatic heterocycles. The van der Waals surface area contributed by atoms with Gasteiger partial charge in [0.2, 0.25) is 0 Å². The Morgan fingerprint density at radius 2 is 1.54 bits per heavy atom. The minimum Gasteiger partial charge on any atom is -0.394 e. The van der Waals surface area contributed by atoms with Crippen LogP contribution in [0.3, 0.4) is 0 Å². The van der Waals surface area contributed by atoms with E-state index in [4.69, 9.17) is 11.6 Å². The molecule has 3 N–H and O–H groups in total. The van der Waals surface area contributed by atoms with E-state index in [-0.39, 0.29) is 23.7 Å². The summed E-state index contributed by atoms with van der Waals surface area (Å²) in [6, 6.07) is 18.6. The lowest BCUT2D eigenvalue weighted by molar-refractivity contribution is 0.174. The van der Waals surface area contributed by atoms with Gasteiger partial charge in [0.15, 0.2) is 0 Å². The van der Waals surface area contributed by atoms with Crippen LogP contribution in [0.4, 0.5) is 0 Å². The zero-order chi connectivity index (χ0) is 19.2. The summed E-state index contributed by atoms with van der Waals surface area (Å²) in [6.07, 6.45) is 0.816. The molecule has 0 fully saturated rings. The maximum absolute atomic E-state index is 9.48. The molecule has 0 bridgehead atoms. The molecule has 0 spiro atoms. The molecule has 142 valence electrons. The third-order valence-electron chi connectivity index (χ3n) is 4.55. The molecule has 2 aromatic carbocycles. The Balaban J connectivity index is 2.17. The molecule has 0 saturated carbocycles. The molecular weight excluding hydrogens is 344 g/mol. The van der Waals surface area contributed by atoms with E-state index < -0.39 is 0 Å². The average molecular weight is 375 g/mol. The highest BCUT2D eigenvalue weighted by atomic mass is 35.5. The van der Waals surface area contributed by atoms with E-state index in [0.29, 0.717) is 0 Å². The third kappa shape index (κ3) is 6.40. The number of halogens is 1. The van der Waals surface area contributed by atoms with Crippen LogP contribution >= 0.6 is 11.6 Å². The SMILES string of the molecule is CC(C)(CO)NCC(C)(C)N[C@H](Cc1ccccc1Cl)c1ccccc1. The number of rotatable bonds is 9. The fraction of sp³-hybridized carbons (Fsp3) is 0.455. The first-order chi connectivity index (χ1) is 12.2. The van der Waals surface area contributed by atoms with Crippen LogP contribution in [0, 0.1) is 0 Å². The van der Waals surface area contributed by atoms with E-state index in [9.17, 15) is 5.11 Å². The Labute approximate surface area is 162 Å². The van der Waals surface area contributed by atoms with Crippen LogP contribution < -0.4 is 10.6 Å². The second kappa shape index (κ2) is 9.01. The Hall–Kier alpha value is -1.39. The predicted molar refractivity (Wildman–Crippen MR) is 111 cm³/mol. The van der Waals surface area contributed by atoms with Crippen molar-refractivity contribution in [3.05, 3.63) is 70.7 Å². The fourth-order valence-corrected chi connectivity index (χ4v) is 3.07. The Morgan fingerprint density at radius 3 is 2.15 bits per heavy atom. The van der Waals surface area contributed by atoms with E-state index in [2.05, 4.69) is 54.8 Å². The summed E-state index contributed by atoms with van der Waals surface area (Å²) >= 11 is 6.40. The topological polar surface area (TPSA) is 44.3 Å². The second-order valence-electron chi connectivity index (χ2n) is 8.18. The zero-order valence-corrected chi connectivity index (χ0v) is 17.0. The van der Waals surface area contributed by atoms with Crippen LogP contribution in [0.1, 0.15) is 44.9 Å². The number of aliphatic hydroxyl groups is 1. The van der Waals surface area contributed by atoms with Gasteiger partial charge in [-0.15, -0.1) is 0 Å². The highest BCUT2D eigenvalue weighted by Crippen LogP contribution is 2.25. The highest BCUT2D eigenvalue weighted by Gasteiger charge is 2.26. The fourth-order valence-electron chi connectivity index (χ4n) is 2.86. The summed E-state index contributed by atoms with van der Waals surface area (Å²) in [5.41, 5.74) is 1.91. The summed E-state index contributed by atoms with van der Waals surface area (Å²) in [6.45, 7) is 9.20. The molecule has 0 amide bonds. The van der Waals surface area contributed by atoms with Crippen LogP contribution in [0.5, 0.6) is 0 Å². The lowest BCUT2D eigenvalue weighted by atomic mass is 9.94. The second-order valence-corrected chi connectivity index (χ2v) is 8.59. The monoisotopic (exact) mass is 374 g/mol. The van der Waals surface area contributed by atoms with Crippen molar-refractivity contribution < 1.29 is 5.11 Å². The molecule has 4 heteroatoms. The normalized spacial score (nSPS) is 13.6. The van der Waals surface area contributed by atoms with Crippen molar-refractivity contribution in [2.45, 2.75) is 51.2 Å². The molecule has 26 heavy (non-hydrogen) atoms. The summed E-state index contributed by atoms with van der Waals surface area (Å²) in [5.74, 6) is 0. The summed E-state index contributed by atoms with van der Waals surface area (Å²) in [7, 11) is 0. The molecule has 0 aliphatic rings. The van der Waals surface area contributed by atoms with Crippen molar-refractivity contribution in [3.63, 3.8) is 0 Å². The average Bonchev–Trinajstić information content (AvgIpc) is 2.62. The molecule has 0 aromatic heterocycles. The van der Waals surface area contributed by atoms with E-state index in [0.717, 1.165) is 23.6 Å². The van der Waals surface area contributed by atoms with Crippen molar-refractivity contribution >= 4 is 11.6 Å².